The van der Waals surface area contributed by atoms with Gasteiger partial charge in [0.05, 0.1) is 11.1 Å². The second kappa shape index (κ2) is 5.82. The number of hydrogen-bond donors (Lipinski definition) is 2. The maximum Gasteiger partial charge on any atom is 0.310 e. The fourth-order valence-electron chi connectivity index (χ4n) is 1.81. The highest BCUT2D eigenvalue weighted by atomic mass is 16.5. The average molecular weight is 240 g/mol. The third kappa shape index (κ3) is 3.30. The highest BCUT2D eigenvalue weighted by Gasteiger charge is 2.34. The summed E-state index contributed by atoms with van der Waals surface area (Å²) in [6, 6.07) is 1.84. The maximum absolute atomic E-state index is 11.3. The van der Waals surface area contributed by atoms with Crippen molar-refractivity contribution in [3.05, 3.63) is 17.5 Å². The quantitative estimate of drug-likeness (QED) is 0.762. The van der Waals surface area contributed by atoms with Crippen LogP contribution in [0.25, 0.3) is 0 Å². The Bertz CT molecular complexity index is 370. The summed E-state index contributed by atoms with van der Waals surface area (Å²) < 4.78 is 4.94. The summed E-state index contributed by atoms with van der Waals surface area (Å²) in [5, 5.41) is 16.2. The predicted molar refractivity (Wildman–Crippen MR) is 63.6 cm³/mol. The fourth-order valence-corrected chi connectivity index (χ4v) is 1.81. The van der Waals surface area contributed by atoms with E-state index in [-0.39, 0.29) is 0 Å². The normalized spacial score (nSPS) is 11.7. The van der Waals surface area contributed by atoms with E-state index in [1.807, 2.05) is 26.8 Å². The first kappa shape index (κ1) is 13.7. The Hall–Kier alpha value is -1.36. The van der Waals surface area contributed by atoms with E-state index in [9.17, 15) is 9.90 Å². The zero-order chi connectivity index (χ0) is 12.9. The van der Waals surface area contributed by atoms with Crippen molar-refractivity contribution < 1.29 is 14.4 Å². The van der Waals surface area contributed by atoms with Crippen molar-refractivity contribution in [1.82, 2.24) is 10.5 Å². The summed E-state index contributed by atoms with van der Waals surface area (Å²) in [4.78, 5) is 11.3. The van der Waals surface area contributed by atoms with Gasteiger partial charge < -0.3 is 14.9 Å². The molecule has 0 aliphatic rings. The number of aromatic nitrogens is 1. The minimum absolute atomic E-state index is 0.446. The van der Waals surface area contributed by atoms with E-state index in [4.69, 9.17) is 4.52 Å². The van der Waals surface area contributed by atoms with Gasteiger partial charge in [0.1, 0.15) is 5.76 Å². The Balaban J connectivity index is 2.50. The molecule has 96 valence electrons. The number of carbonyl (C=O) groups is 1. The number of carboxylic acids is 1. The number of aliphatic carboxylic acids is 1. The first-order valence-corrected chi connectivity index (χ1v) is 5.90. The Morgan fingerprint density at radius 2 is 2.18 bits per heavy atom. The predicted octanol–water partition coefficient (Wildman–Crippen LogP) is 1.96. The summed E-state index contributed by atoms with van der Waals surface area (Å²) in [6.45, 7) is 6.61. The second-order valence-electron chi connectivity index (χ2n) is 4.33. The third-order valence-electron chi connectivity index (χ3n) is 3.25. The number of rotatable bonds is 7. The molecule has 0 aromatic carbocycles. The van der Waals surface area contributed by atoms with E-state index in [2.05, 4.69) is 10.5 Å². The van der Waals surface area contributed by atoms with Crippen molar-refractivity contribution in [2.75, 3.05) is 6.54 Å². The number of aryl methyl sites for hydroxylation is 1. The molecule has 0 unspecified atom stereocenters. The number of hydrogen-bond acceptors (Lipinski definition) is 4. The molecule has 1 aromatic heterocycles. The molecule has 0 saturated carbocycles. The maximum atomic E-state index is 11.3. The van der Waals surface area contributed by atoms with Crippen molar-refractivity contribution in [1.29, 1.82) is 0 Å². The van der Waals surface area contributed by atoms with Gasteiger partial charge in [0.15, 0.2) is 0 Å². The summed E-state index contributed by atoms with van der Waals surface area (Å²) >= 11 is 0. The zero-order valence-electron chi connectivity index (χ0n) is 10.6. The molecule has 1 heterocycles. The van der Waals surface area contributed by atoms with Crippen LogP contribution < -0.4 is 5.32 Å². The average Bonchev–Trinajstić information content (AvgIpc) is 2.70. The van der Waals surface area contributed by atoms with Gasteiger partial charge in [0.25, 0.3) is 0 Å². The monoisotopic (exact) mass is 240 g/mol. The smallest absolute Gasteiger partial charge is 0.310 e. The summed E-state index contributed by atoms with van der Waals surface area (Å²) in [6.07, 6.45) is 1.23. The molecule has 5 heteroatoms. The van der Waals surface area contributed by atoms with E-state index < -0.39 is 11.4 Å². The van der Waals surface area contributed by atoms with E-state index in [0.717, 1.165) is 11.5 Å². The first-order chi connectivity index (χ1) is 8.04. The van der Waals surface area contributed by atoms with Crippen LogP contribution in [0.1, 0.15) is 38.1 Å². The van der Waals surface area contributed by atoms with Gasteiger partial charge in [-0.15, -0.1) is 0 Å². The number of nitrogens with zero attached hydrogens (tertiary/aromatic N) is 1. The molecule has 0 spiro atoms. The van der Waals surface area contributed by atoms with Gasteiger partial charge >= 0.3 is 5.97 Å². The van der Waals surface area contributed by atoms with Gasteiger partial charge in [-0.2, -0.15) is 0 Å². The molecule has 0 fully saturated rings. The molecule has 0 atom stereocenters. The van der Waals surface area contributed by atoms with Crippen LogP contribution in [0.2, 0.25) is 0 Å². The largest absolute Gasteiger partial charge is 0.481 e. The minimum Gasteiger partial charge on any atom is -0.481 e. The van der Waals surface area contributed by atoms with Gasteiger partial charge in [-0.05, 0) is 19.8 Å². The third-order valence-corrected chi connectivity index (χ3v) is 3.25. The van der Waals surface area contributed by atoms with Crippen LogP contribution in [0.5, 0.6) is 0 Å². The highest BCUT2D eigenvalue weighted by molar-refractivity contribution is 5.74. The van der Waals surface area contributed by atoms with Crippen molar-refractivity contribution in [3.63, 3.8) is 0 Å². The van der Waals surface area contributed by atoms with Crippen LogP contribution in [0, 0.1) is 12.3 Å². The Morgan fingerprint density at radius 3 is 2.59 bits per heavy atom. The molecule has 0 radical (unpaired) electrons. The van der Waals surface area contributed by atoms with Gasteiger partial charge in [-0.25, -0.2) is 0 Å². The van der Waals surface area contributed by atoms with Crippen molar-refractivity contribution >= 4 is 5.97 Å². The molecule has 0 saturated heterocycles. The lowest BCUT2D eigenvalue weighted by Gasteiger charge is -2.26. The van der Waals surface area contributed by atoms with Gasteiger partial charge in [-0.1, -0.05) is 19.0 Å². The molecule has 0 amide bonds. The van der Waals surface area contributed by atoms with Crippen LogP contribution in [-0.4, -0.2) is 22.8 Å². The van der Waals surface area contributed by atoms with Crippen LogP contribution >= 0.6 is 0 Å². The summed E-state index contributed by atoms with van der Waals surface area (Å²) in [7, 11) is 0. The molecule has 17 heavy (non-hydrogen) atoms. The number of carboxylic acid groups (broad SMARTS) is 1. The summed E-state index contributed by atoms with van der Waals surface area (Å²) in [5.41, 5.74) is 0.118. The van der Waals surface area contributed by atoms with Crippen molar-refractivity contribution in [2.45, 2.75) is 40.2 Å². The highest BCUT2D eigenvalue weighted by Crippen LogP contribution is 2.25. The van der Waals surface area contributed by atoms with Gasteiger partial charge in [0, 0.05) is 19.2 Å². The minimum atomic E-state index is -0.744. The van der Waals surface area contributed by atoms with Gasteiger partial charge in [-0.3, -0.25) is 4.79 Å². The lowest BCUT2D eigenvalue weighted by molar-refractivity contribution is -0.149. The van der Waals surface area contributed by atoms with E-state index in [1.54, 1.807) is 0 Å². The van der Waals surface area contributed by atoms with Crippen LogP contribution in [0.4, 0.5) is 0 Å². The van der Waals surface area contributed by atoms with Crippen molar-refractivity contribution in [2.24, 2.45) is 5.41 Å². The van der Waals surface area contributed by atoms with E-state index in [0.29, 0.717) is 25.9 Å². The van der Waals surface area contributed by atoms with Crippen LogP contribution in [-0.2, 0) is 11.3 Å². The summed E-state index contributed by atoms with van der Waals surface area (Å²) in [5.74, 6) is 0.0172. The SMILES string of the molecule is CCC(CC)(CNCc1cc(C)on1)C(=O)O. The molecule has 1 aromatic rings. The van der Waals surface area contributed by atoms with Crippen molar-refractivity contribution in [3.8, 4) is 0 Å². The lowest BCUT2D eigenvalue weighted by Crippen LogP contribution is -2.40. The molecular weight excluding hydrogens is 220 g/mol. The first-order valence-electron chi connectivity index (χ1n) is 5.90. The molecule has 0 bridgehead atoms. The Morgan fingerprint density at radius 1 is 1.53 bits per heavy atom. The Labute approximate surface area is 101 Å². The van der Waals surface area contributed by atoms with Gasteiger partial charge in [0.2, 0.25) is 0 Å². The molecule has 0 aliphatic carbocycles. The molecule has 5 nitrogen and oxygen atoms in total. The zero-order valence-corrected chi connectivity index (χ0v) is 10.6. The molecular formula is C12H20N2O3. The number of nitrogens with one attached hydrogen (secondary N) is 1. The second-order valence-corrected chi connectivity index (χ2v) is 4.33. The topological polar surface area (TPSA) is 75.4 Å². The fraction of sp³-hybridized carbons (Fsp3) is 0.667. The molecule has 1 rings (SSSR count). The molecule has 0 aliphatic heterocycles. The van der Waals surface area contributed by atoms with Crippen LogP contribution in [0.3, 0.4) is 0 Å². The molecule has 2 N–H and O–H groups in total. The Kier molecular flexibility index (Phi) is 4.69. The van der Waals surface area contributed by atoms with E-state index in [1.165, 1.54) is 0 Å². The van der Waals surface area contributed by atoms with Crippen LogP contribution in [0.15, 0.2) is 10.6 Å². The standard InChI is InChI=1S/C12H20N2O3/c1-4-12(5-2,11(15)16)8-13-7-10-6-9(3)17-14-10/h6,13H,4-5,7-8H2,1-3H3,(H,15,16). The van der Waals surface area contributed by atoms with E-state index >= 15 is 0 Å². The lowest BCUT2D eigenvalue weighted by atomic mass is 9.82.